The lowest BCUT2D eigenvalue weighted by atomic mass is 10.0. The van der Waals surface area contributed by atoms with E-state index >= 15 is 4.79 Å². The van der Waals surface area contributed by atoms with Crippen molar-refractivity contribution in [1.82, 2.24) is 101 Å². The Morgan fingerprint density at radius 3 is 1.34 bits per heavy atom. The highest BCUT2D eigenvalue weighted by Crippen LogP contribution is 2.26. The number of aliphatic hydroxyl groups excluding tert-OH is 1. The van der Waals surface area contributed by atoms with E-state index in [-0.39, 0.29) is 107 Å². The van der Waals surface area contributed by atoms with Gasteiger partial charge in [0.1, 0.15) is 85.1 Å². The maximum absolute atomic E-state index is 15.2. The number of hydrogen-bond donors (Lipinski definition) is 31. The molecule has 1 saturated heterocycles. The van der Waals surface area contributed by atoms with Crippen LogP contribution < -0.4 is 130 Å². The van der Waals surface area contributed by atoms with Crippen molar-refractivity contribution in [2.24, 2.45) is 40.3 Å². The van der Waals surface area contributed by atoms with Gasteiger partial charge in [-0.25, -0.2) is 0 Å². The molecular formula is C78H124N28O25S3. The molecule has 0 aliphatic carbocycles. The summed E-state index contributed by atoms with van der Waals surface area (Å²) in [6.45, 7) is 0.00803. The highest BCUT2D eigenvalue weighted by molar-refractivity contribution is 7.99. The Hall–Kier alpha value is -13.1. The third-order valence-electron chi connectivity index (χ3n) is 20.1. The Balaban J connectivity index is 2.09. The molecule has 4 rings (SSSR count). The number of amides is 18. The van der Waals surface area contributed by atoms with Crippen LogP contribution in [-0.2, 0) is 118 Å². The molecule has 37 N–H and O–H groups in total. The minimum atomic E-state index is -2.10. The van der Waals surface area contributed by atoms with E-state index in [9.17, 15) is 116 Å². The molecule has 4 bridgehead atoms. The van der Waals surface area contributed by atoms with Gasteiger partial charge >= 0.3 is 17.9 Å². The summed E-state index contributed by atoms with van der Waals surface area (Å²) in [4.78, 5) is 293. The van der Waals surface area contributed by atoms with E-state index in [2.05, 4.69) is 95.7 Å². The first-order chi connectivity index (χ1) is 63.2. The number of primary amides is 2. The number of fused-ring (bicyclic) bond motifs is 6. The molecular weight excluding hydrogens is 1830 g/mol. The number of carbonyl (C=O) groups is 21. The second-order valence-electron chi connectivity index (χ2n) is 31.9. The number of carboxylic acid groups (broad SMARTS) is 3. The average molecular weight is 1950 g/mol. The number of rotatable bonds is 31. The number of guanidine groups is 3. The van der Waals surface area contributed by atoms with Gasteiger partial charge in [-0.05, 0) is 107 Å². The van der Waals surface area contributed by atoms with Crippen LogP contribution in [0.1, 0.15) is 140 Å². The van der Waals surface area contributed by atoms with Crippen molar-refractivity contribution in [3.63, 3.8) is 0 Å². The summed E-state index contributed by atoms with van der Waals surface area (Å²) in [5, 5.41) is 107. The van der Waals surface area contributed by atoms with Crippen molar-refractivity contribution in [2.75, 3.05) is 69.7 Å². The maximum atomic E-state index is 15.2. The van der Waals surface area contributed by atoms with Crippen LogP contribution >= 0.6 is 35.3 Å². The number of hydrogen-bond acceptors (Lipinski definition) is 29. The van der Waals surface area contributed by atoms with Crippen LogP contribution in [0.15, 0.2) is 18.2 Å². The van der Waals surface area contributed by atoms with Crippen molar-refractivity contribution < 1.29 is 121 Å². The van der Waals surface area contributed by atoms with Crippen molar-refractivity contribution in [3.8, 4) is 0 Å². The second-order valence-corrected chi connectivity index (χ2v) is 35.0. The van der Waals surface area contributed by atoms with E-state index < -0.39 is 315 Å². The van der Waals surface area contributed by atoms with Gasteiger partial charge in [0.05, 0.1) is 32.2 Å². The highest BCUT2D eigenvalue weighted by atomic mass is 32.2. The first kappa shape index (κ1) is 113. The van der Waals surface area contributed by atoms with E-state index in [0.717, 1.165) is 40.2 Å². The van der Waals surface area contributed by atoms with Gasteiger partial charge in [0.25, 0.3) is 0 Å². The molecule has 1 aromatic carbocycles. The van der Waals surface area contributed by atoms with Gasteiger partial charge < -0.3 is 155 Å². The Morgan fingerprint density at radius 2 is 0.866 bits per heavy atom. The largest absolute Gasteiger partial charge is 0.481 e. The van der Waals surface area contributed by atoms with Crippen molar-refractivity contribution >= 4 is 177 Å². The molecule has 3 heterocycles. The van der Waals surface area contributed by atoms with Crippen molar-refractivity contribution in [3.05, 3.63) is 34.9 Å². The maximum Gasteiger partial charge on any atom is 0.322 e. The number of carboxylic acids is 3. The van der Waals surface area contributed by atoms with Crippen LogP contribution in [-0.4, -0.2) is 322 Å². The Morgan fingerprint density at radius 1 is 0.455 bits per heavy atom. The molecule has 134 heavy (non-hydrogen) atoms. The summed E-state index contributed by atoms with van der Waals surface area (Å²) < 4.78 is 0. The smallest absolute Gasteiger partial charge is 0.322 e. The Labute approximate surface area is 781 Å². The van der Waals surface area contributed by atoms with E-state index in [1.807, 2.05) is 0 Å². The Bertz CT molecular complexity index is 4400. The second kappa shape index (κ2) is 58.7. The molecule has 0 aromatic heterocycles. The zero-order valence-electron chi connectivity index (χ0n) is 74.1. The average Bonchev–Trinajstić information content (AvgIpc) is 1.67. The third kappa shape index (κ3) is 43.0. The van der Waals surface area contributed by atoms with Crippen molar-refractivity contribution in [1.29, 1.82) is 16.2 Å². The van der Waals surface area contributed by atoms with E-state index in [0.29, 0.717) is 16.7 Å². The normalized spacial score (nSPS) is 23.7. The molecule has 744 valence electrons. The molecule has 56 heteroatoms. The lowest BCUT2D eigenvalue weighted by molar-refractivity contribution is -0.143. The molecule has 0 unspecified atom stereocenters. The van der Waals surface area contributed by atoms with Crippen LogP contribution in [0.2, 0.25) is 0 Å². The van der Waals surface area contributed by atoms with Gasteiger partial charge in [-0.3, -0.25) is 117 Å². The molecule has 1 fully saturated rings. The van der Waals surface area contributed by atoms with Crippen LogP contribution in [0.3, 0.4) is 0 Å². The van der Waals surface area contributed by atoms with E-state index in [1.165, 1.54) is 6.92 Å². The van der Waals surface area contributed by atoms with Gasteiger partial charge in [0.15, 0.2) is 17.9 Å². The summed E-state index contributed by atoms with van der Waals surface area (Å²) in [5.74, 6) is -28.2. The fraction of sp³-hybridized carbons (Fsp3) is 0.615. The van der Waals surface area contributed by atoms with Crippen LogP contribution in [0.4, 0.5) is 0 Å². The minimum absolute atomic E-state index is 0.0301. The molecule has 0 saturated carbocycles. The zero-order chi connectivity index (χ0) is 100. The fourth-order valence-electron chi connectivity index (χ4n) is 13.5. The monoisotopic (exact) mass is 1950 g/mol. The van der Waals surface area contributed by atoms with E-state index in [1.54, 1.807) is 32.0 Å². The molecule has 18 amide bonds. The van der Waals surface area contributed by atoms with Gasteiger partial charge in [-0.2, -0.15) is 35.3 Å². The van der Waals surface area contributed by atoms with Crippen LogP contribution in [0, 0.1) is 22.1 Å². The number of aliphatic carboxylic acids is 3. The van der Waals surface area contributed by atoms with Gasteiger partial charge in [-0.1, -0.05) is 32.0 Å². The quantitative estimate of drug-likeness (QED) is 0.0186. The SMILES string of the molecule is CC(C)C[C@@H]1NC(=O)[C@@H](NC(=O)[C@H](C)N)CSCc2cc3cc(c2)CSC[C@@H](C(=O)NCC(=O)O)NC(=O)[C@H](CO)NC(=O)[C@@H]2CCCN2C(=O)[C@H](CCCNC(=N)N)NC(=O)[C@H](CCCNC(=N)N)NC(=O)[C@H](CC(N)=O)NC(=O)[C@H](CCC(=O)O)NC(=O)[C@H](CSC3)NC(=O)CNC(=O)[C@H](CCCNC(=N)N)NC(=O)[C@H](CCC(=O)O)NC(=O)CNC(=O)[C@H](CCC(N)=O)NC1=O. The summed E-state index contributed by atoms with van der Waals surface area (Å²) in [5.41, 5.74) is 34.9. The van der Waals surface area contributed by atoms with Crippen LogP contribution in [0.5, 0.6) is 0 Å². The first-order valence-electron chi connectivity index (χ1n) is 42.7. The predicted octanol–water partition coefficient (Wildman–Crippen LogP) is -11.3. The minimum Gasteiger partial charge on any atom is -0.481 e. The summed E-state index contributed by atoms with van der Waals surface area (Å²) in [6, 6.07) is -18.9. The first-order valence-corrected chi connectivity index (χ1v) is 46.1. The van der Waals surface area contributed by atoms with Crippen molar-refractivity contribution in [2.45, 2.75) is 225 Å². The molecule has 3 aliphatic rings. The number of nitrogens with one attached hydrogen (secondary N) is 21. The number of carbonyl (C=O) groups excluding carboxylic acids is 18. The fourth-order valence-corrected chi connectivity index (χ4v) is 16.4. The van der Waals surface area contributed by atoms with E-state index in [4.69, 9.17) is 50.6 Å². The Kier molecular flexibility index (Phi) is 49.6. The third-order valence-corrected chi connectivity index (χ3v) is 23.4. The summed E-state index contributed by atoms with van der Waals surface area (Å²) in [7, 11) is 0. The summed E-state index contributed by atoms with van der Waals surface area (Å²) in [6.07, 6.45) is -6.62. The number of nitrogens with zero attached hydrogens (tertiary/aromatic N) is 1. The summed E-state index contributed by atoms with van der Waals surface area (Å²) >= 11 is 2.91. The van der Waals surface area contributed by atoms with Gasteiger partial charge in [0, 0.05) is 80.0 Å². The molecule has 53 nitrogen and oxygen atoms in total. The van der Waals surface area contributed by atoms with Gasteiger partial charge in [0.2, 0.25) is 106 Å². The number of benzene rings is 1. The highest BCUT2D eigenvalue weighted by Gasteiger charge is 2.42. The molecule has 14 atom stereocenters. The predicted molar refractivity (Wildman–Crippen MR) is 483 cm³/mol. The zero-order valence-corrected chi connectivity index (χ0v) is 76.6. The number of nitrogens with two attached hydrogens (primary N) is 6. The molecule has 3 aliphatic heterocycles. The standard InChI is InChI=1S/C78H124N28O25S3/c1-37(2)22-48-69(125)98-44(12-15-55(80)108)64(120)92-27-57(110)94-45(13-16-59(112)113)67(123)96-42(8-4-18-88-76(82)83)63(119)91-28-58(111)95-52-35-133-32-40-23-39(24-41(25-40)33-134-36-53(73(129)101-48)104-62(118)38(3)79)31-132-34-51(65(121)93-29-61(116)117)105-71(127)50(30-107)103-74(130)54-11-7-21-106(54)75(131)47(10-6-20-90-78(86)87)100-66(122)43(9-5-19-89-77(84)85)97-70(126)49(26-56(81)109)102-68(124)46(99-72(52)128)14-17-60(114)115/h23-25,37-38,42-54,107H,4-22,26-36,79H2,1-3H3,(H2,80,108)(H2,81,109)(H,91,119)(H,92,120)(H,93,121)(H,94,110)(H,95,111)(H,96,123)(H,97,126)(H,98,125)(H,99,128)(H,100,122)(H,101,129)(H,102,124)(H,103,130)(H,104,118)(H,105,127)(H,112,113)(H,114,115)(H,116,117)(H4,82,83,88)(H4,84,85,89)(H4,86,87,90)/t38-,42-,43-,44-,45-,46-,47-,48-,49-,50-,51-,52-,53-,54-/m0/s1. The van der Waals surface area contributed by atoms with Crippen LogP contribution in [0.25, 0.3) is 0 Å². The number of aliphatic hydroxyl groups is 1. The lowest BCUT2D eigenvalue weighted by Crippen LogP contribution is -2.61. The van der Waals surface area contributed by atoms with Gasteiger partial charge in [-0.15, -0.1) is 0 Å². The molecule has 0 spiro atoms. The number of thioether (sulfide) groups is 3. The topological polar surface area (TPSA) is 887 Å². The lowest BCUT2D eigenvalue weighted by Gasteiger charge is -2.31. The molecule has 0 radical (unpaired) electrons. The molecule has 1 aromatic rings.